The number of carbonyl (C=O) groups excluding carboxylic acids is 2. The van der Waals surface area contributed by atoms with Crippen LogP contribution in [0.5, 0.6) is 0 Å². The lowest BCUT2D eigenvalue weighted by Crippen LogP contribution is -2.59. The Morgan fingerprint density at radius 1 is 1.26 bits per heavy atom. The van der Waals surface area contributed by atoms with Crippen LogP contribution in [0.2, 0.25) is 0 Å². The molecule has 3 fully saturated rings. The number of nitrogens with one attached hydrogen (secondary N) is 1. The van der Waals surface area contributed by atoms with E-state index in [4.69, 9.17) is 0 Å². The molecule has 0 bridgehead atoms. The molecule has 3 aliphatic rings. The molecule has 0 saturated carbocycles. The number of amides is 3. The molecule has 0 radical (unpaired) electrons. The van der Waals surface area contributed by atoms with E-state index >= 15 is 0 Å². The maximum Gasteiger partial charge on any atom is 0.322 e. The standard InChI is InChI=1S/C15H22N6O2/c1-18-5-2-3-13(14(18)22)19-8-12(9-19)21-10-11(7-17-21)20-6-4-16-15(20)23/h7,10,12-13H,2-6,8-9H2,1H3,(H,16,23). The van der Waals surface area contributed by atoms with E-state index in [1.165, 1.54) is 0 Å². The Morgan fingerprint density at radius 2 is 2.09 bits per heavy atom. The molecule has 0 aromatic carbocycles. The van der Waals surface area contributed by atoms with E-state index in [1.54, 1.807) is 11.1 Å². The van der Waals surface area contributed by atoms with E-state index in [-0.39, 0.29) is 24.0 Å². The van der Waals surface area contributed by atoms with Gasteiger partial charge < -0.3 is 10.2 Å². The number of hydrogen-bond donors (Lipinski definition) is 1. The molecule has 23 heavy (non-hydrogen) atoms. The number of carbonyl (C=O) groups is 2. The van der Waals surface area contributed by atoms with E-state index in [1.807, 2.05) is 22.8 Å². The van der Waals surface area contributed by atoms with Gasteiger partial charge >= 0.3 is 6.03 Å². The van der Waals surface area contributed by atoms with Crippen LogP contribution in [0.15, 0.2) is 12.4 Å². The van der Waals surface area contributed by atoms with Crippen molar-refractivity contribution in [2.45, 2.75) is 24.9 Å². The molecule has 1 N–H and O–H groups in total. The summed E-state index contributed by atoms with van der Waals surface area (Å²) in [6.07, 6.45) is 5.70. The first-order chi connectivity index (χ1) is 11.1. The smallest absolute Gasteiger partial charge is 0.322 e. The molecule has 4 heterocycles. The average molecular weight is 318 g/mol. The summed E-state index contributed by atoms with van der Waals surface area (Å²) < 4.78 is 1.93. The Bertz CT molecular complexity index is 623. The highest BCUT2D eigenvalue weighted by Gasteiger charge is 2.39. The first-order valence-electron chi connectivity index (χ1n) is 8.22. The van der Waals surface area contributed by atoms with E-state index in [2.05, 4.69) is 15.3 Å². The SMILES string of the molecule is CN1CCCC(N2CC(n3cc(N4CCNC4=O)cn3)C2)C1=O. The fraction of sp³-hybridized carbons (Fsp3) is 0.667. The van der Waals surface area contributed by atoms with E-state index < -0.39 is 0 Å². The number of likely N-dealkylation sites (N-methyl/N-ethyl adjacent to an activating group) is 1. The number of hydrogen-bond acceptors (Lipinski definition) is 4. The highest BCUT2D eigenvalue weighted by molar-refractivity contribution is 5.93. The molecular formula is C15H22N6O2. The summed E-state index contributed by atoms with van der Waals surface area (Å²) in [5, 5.41) is 7.20. The topological polar surface area (TPSA) is 73.7 Å². The highest BCUT2D eigenvalue weighted by Crippen LogP contribution is 2.28. The molecule has 8 nitrogen and oxygen atoms in total. The molecule has 8 heteroatoms. The molecule has 3 aliphatic heterocycles. The number of likely N-dealkylation sites (tertiary alicyclic amines) is 2. The van der Waals surface area contributed by atoms with Crippen molar-refractivity contribution < 1.29 is 9.59 Å². The molecule has 1 unspecified atom stereocenters. The molecule has 3 saturated heterocycles. The van der Waals surface area contributed by atoms with Crippen LogP contribution in [0.1, 0.15) is 18.9 Å². The zero-order valence-corrected chi connectivity index (χ0v) is 13.3. The van der Waals surface area contributed by atoms with Gasteiger partial charge in [-0.15, -0.1) is 0 Å². The van der Waals surface area contributed by atoms with Crippen molar-refractivity contribution in [1.29, 1.82) is 0 Å². The average Bonchev–Trinajstić information content (AvgIpc) is 3.11. The summed E-state index contributed by atoms with van der Waals surface area (Å²) in [6.45, 7) is 3.92. The summed E-state index contributed by atoms with van der Waals surface area (Å²) in [5.41, 5.74) is 0.840. The van der Waals surface area contributed by atoms with Crippen molar-refractivity contribution in [2.75, 3.05) is 44.7 Å². The minimum absolute atomic E-state index is 0.0318. The third-order valence-electron chi connectivity index (χ3n) is 5.09. The van der Waals surface area contributed by atoms with Crippen LogP contribution in [-0.2, 0) is 4.79 Å². The van der Waals surface area contributed by atoms with Gasteiger partial charge in [0.25, 0.3) is 0 Å². The molecule has 0 aliphatic carbocycles. The number of anilines is 1. The fourth-order valence-corrected chi connectivity index (χ4v) is 3.64. The van der Waals surface area contributed by atoms with E-state index in [0.717, 1.165) is 38.2 Å². The minimum Gasteiger partial charge on any atom is -0.344 e. The number of nitrogens with zero attached hydrogens (tertiary/aromatic N) is 5. The predicted molar refractivity (Wildman–Crippen MR) is 84.2 cm³/mol. The van der Waals surface area contributed by atoms with E-state index in [9.17, 15) is 9.59 Å². The zero-order chi connectivity index (χ0) is 16.0. The van der Waals surface area contributed by atoms with Crippen LogP contribution in [0, 0.1) is 0 Å². The molecule has 1 aromatic rings. The largest absolute Gasteiger partial charge is 0.344 e. The van der Waals surface area contributed by atoms with Gasteiger partial charge in [-0.1, -0.05) is 0 Å². The monoisotopic (exact) mass is 318 g/mol. The van der Waals surface area contributed by atoms with Gasteiger partial charge in [0, 0.05) is 46.0 Å². The Kier molecular flexibility index (Phi) is 3.48. The van der Waals surface area contributed by atoms with Crippen LogP contribution < -0.4 is 10.2 Å². The van der Waals surface area contributed by atoms with Gasteiger partial charge in [-0.3, -0.25) is 19.3 Å². The van der Waals surface area contributed by atoms with Gasteiger partial charge in [0.2, 0.25) is 5.91 Å². The van der Waals surface area contributed by atoms with Crippen LogP contribution in [0.3, 0.4) is 0 Å². The van der Waals surface area contributed by atoms with Crippen molar-refractivity contribution in [3.8, 4) is 0 Å². The van der Waals surface area contributed by atoms with Gasteiger partial charge in [-0.2, -0.15) is 5.10 Å². The molecule has 4 rings (SSSR count). The van der Waals surface area contributed by atoms with Crippen molar-refractivity contribution in [1.82, 2.24) is 24.9 Å². The summed E-state index contributed by atoms with van der Waals surface area (Å²) >= 11 is 0. The number of piperidine rings is 1. The number of rotatable bonds is 3. The van der Waals surface area contributed by atoms with Crippen LogP contribution >= 0.6 is 0 Å². The second-order valence-electron chi connectivity index (χ2n) is 6.59. The van der Waals surface area contributed by atoms with Crippen LogP contribution in [0.25, 0.3) is 0 Å². The molecule has 3 amide bonds. The molecule has 1 atom stereocenters. The van der Waals surface area contributed by atoms with Crippen molar-refractivity contribution in [3.05, 3.63) is 12.4 Å². The maximum absolute atomic E-state index is 12.2. The molecule has 124 valence electrons. The van der Waals surface area contributed by atoms with Gasteiger partial charge in [-0.05, 0) is 12.8 Å². The fourth-order valence-electron chi connectivity index (χ4n) is 3.64. The van der Waals surface area contributed by atoms with Gasteiger partial charge in [0.1, 0.15) is 0 Å². The minimum atomic E-state index is -0.0596. The second-order valence-corrected chi connectivity index (χ2v) is 6.59. The lowest BCUT2D eigenvalue weighted by molar-refractivity contribution is -0.141. The Hall–Kier alpha value is -2.09. The first-order valence-corrected chi connectivity index (χ1v) is 8.22. The summed E-state index contributed by atoms with van der Waals surface area (Å²) in [5.74, 6) is 0.240. The predicted octanol–water partition coefficient (Wildman–Crippen LogP) is -0.110. The lowest BCUT2D eigenvalue weighted by Gasteiger charge is -2.46. The molecule has 0 spiro atoms. The normalized spacial score (nSPS) is 26.6. The summed E-state index contributed by atoms with van der Waals surface area (Å²) in [4.78, 5) is 29.7. The van der Waals surface area contributed by atoms with Crippen LogP contribution in [-0.4, -0.2) is 77.3 Å². The van der Waals surface area contributed by atoms with Crippen LogP contribution in [0.4, 0.5) is 10.5 Å². The second kappa shape index (κ2) is 5.52. The van der Waals surface area contributed by atoms with Gasteiger partial charge in [0.05, 0.1) is 24.0 Å². The van der Waals surface area contributed by atoms with Gasteiger partial charge in [0.15, 0.2) is 0 Å². The Labute approximate surface area is 135 Å². The third-order valence-corrected chi connectivity index (χ3v) is 5.09. The number of urea groups is 1. The maximum atomic E-state index is 12.2. The lowest BCUT2D eigenvalue weighted by atomic mass is 9.98. The summed E-state index contributed by atoms with van der Waals surface area (Å²) in [7, 11) is 1.88. The third kappa shape index (κ3) is 2.46. The Morgan fingerprint density at radius 3 is 2.83 bits per heavy atom. The van der Waals surface area contributed by atoms with Crippen molar-refractivity contribution in [3.63, 3.8) is 0 Å². The molecule has 1 aromatic heterocycles. The van der Waals surface area contributed by atoms with Gasteiger partial charge in [-0.25, -0.2) is 4.79 Å². The summed E-state index contributed by atoms with van der Waals surface area (Å²) in [6, 6.07) is 0.259. The quantitative estimate of drug-likeness (QED) is 0.844. The molecular weight excluding hydrogens is 296 g/mol. The first kappa shape index (κ1) is 14.5. The Balaban J connectivity index is 1.38. The zero-order valence-electron chi connectivity index (χ0n) is 13.3. The van der Waals surface area contributed by atoms with Crippen molar-refractivity contribution in [2.24, 2.45) is 0 Å². The highest BCUT2D eigenvalue weighted by atomic mass is 16.2. The van der Waals surface area contributed by atoms with Crippen molar-refractivity contribution >= 4 is 17.6 Å². The van der Waals surface area contributed by atoms with E-state index in [0.29, 0.717) is 13.1 Å². The number of aromatic nitrogens is 2.